The number of para-hydroxylation sites is 2. The highest BCUT2D eigenvalue weighted by molar-refractivity contribution is 5.48. The van der Waals surface area contributed by atoms with Gasteiger partial charge in [0.15, 0.2) is 23.0 Å². The number of benzene rings is 4. The van der Waals surface area contributed by atoms with Crippen molar-refractivity contribution < 1.29 is 19.7 Å². The molecule has 0 atom stereocenters. The predicted molar refractivity (Wildman–Crippen MR) is 112 cm³/mol. The number of phenols is 2. The topological polar surface area (TPSA) is 58.9 Å². The van der Waals surface area contributed by atoms with Crippen molar-refractivity contribution in [1.82, 2.24) is 0 Å². The van der Waals surface area contributed by atoms with Crippen LogP contribution in [0.4, 0.5) is 0 Å². The summed E-state index contributed by atoms with van der Waals surface area (Å²) in [5.41, 5.74) is 1.93. The molecule has 0 radical (unpaired) electrons. The van der Waals surface area contributed by atoms with E-state index in [0.717, 1.165) is 11.1 Å². The first-order valence-electron chi connectivity index (χ1n) is 9.27. The Bertz CT molecular complexity index is 1000. The Morgan fingerprint density at radius 3 is 1.34 bits per heavy atom. The van der Waals surface area contributed by atoms with Gasteiger partial charge in [-0.25, -0.2) is 0 Å². The van der Waals surface area contributed by atoms with Gasteiger partial charge in [0, 0.05) is 0 Å². The zero-order valence-corrected chi connectivity index (χ0v) is 15.7. The molecule has 0 aliphatic carbocycles. The van der Waals surface area contributed by atoms with E-state index in [4.69, 9.17) is 9.47 Å². The molecule has 29 heavy (non-hydrogen) atoms. The highest BCUT2D eigenvalue weighted by atomic mass is 16.5. The van der Waals surface area contributed by atoms with Crippen LogP contribution in [0, 0.1) is 0 Å². The minimum absolute atomic E-state index is 0.0800. The third-order valence-electron chi connectivity index (χ3n) is 4.40. The van der Waals surface area contributed by atoms with Crippen LogP contribution < -0.4 is 9.47 Å². The molecule has 0 aliphatic rings. The first-order chi connectivity index (χ1) is 14.2. The Labute approximate surface area is 169 Å². The Morgan fingerprint density at radius 2 is 0.931 bits per heavy atom. The van der Waals surface area contributed by atoms with Gasteiger partial charge in [0.05, 0.1) is 0 Å². The molecule has 4 rings (SSSR count). The first kappa shape index (κ1) is 18.4. The molecule has 0 aromatic heterocycles. The SMILES string of the molecule is Oc1ccc(Cc2ccc(O)c(Oc3ccccc3)c2)cc1Oc1ccccc1. The summed E-state index contributed by atoms with van der Waals surface area (Å²) in [5.74, 6) is 2.26. The summed E-state index contributed by atoms with van der Waals surface area (Å²) >= 11 is 0. The molecule has 144 valence electrons. The molecule has 4 aromatic carbocycles. The molecule has 4 aromatic rings. The van der Waals surface area contributed by atoms with E-state index < -0.39 is 0 Å². The first-order valence-corrected chi connectivity index (χ1v) is 9.27. The molecule has 4 heteroatoms. The number of phenolic OH excluding ortho intramolecular Hbond substituents is 2. The van der Waals surface area contributed by atoms with Crippen LogP contribution in [-0.4, -0.2) is 10.2 Å². The zero-order chi connectivity index (χ0) is 20.1. The van der Waals surface area contributed by atoms with Crippen molar-refractivity contribution in [2.75, 3.05) is 0 Å². The van der Waals surface area contributed by atoms with Crippen LogP contribution in [0.15, 0.2) is 97.1 Å². The molecule has 0 fully saturated rings. The molecule has 0 unspecified atom stereocenters. The van der Waals surface area contributed by atoms with Gasteiger partial charge in [-0.15, -0.1) is 0 Å². The monoisotopic (exact) mass is 384 g/mol. The summed E-state index contributed by atoms with van der Waals surface area (Å²) in [7, 11) is 0. The fourth-order valence-electron chi connectivity index (χ4n) is 2.97. The van der Waals surface area contributed by atoms with Crippen molar-refractivity contribution in [3.05, 3.63) is 108 Å². The van der Waals surface area contributed by atoms with Crippen LogP contribution in [0.3, 0.4) is 0 Å². The molecule has 0 heterocycles. The summed E-state index contributed by atoms with van der Waals surface area (Å²) in [5, 5.41) is 20.3. The minimum Gasteiger partial charge on any atom is -0.504 e. The van der Waals surface area contributed by atoms with Gasteiger partial charge in [-0.1, -0.05) is 48.5 Å². The van der Waals surface area contributed by atoms with Crippen molar-refractivity contribution in [1.29, 1.82) is 0 Å². The van der Waals surface area contributed by atoms with Gasteiger partial charge in [0.25, 0.3) is 0 Å². The second-order valence-corrected chi connectivity index (χ2v) is 6.61. The van der Waals surface area contributed by atoms with Crippen LogP contribution in [0.5, 0.6) is 34.5 Å². The maximum absolute atomic E-state index is 10.1. The van der Waals surface area contributed by atoms with E-state index in [1.54, 1.807) is 12.1 Å². The summed E-state index contributed by atoms with van der Waals surface area (Å²) in [6.45, 7) is 0. The summed E-state index contributed by atoms with van der Waals surface area (Å²) in [6, 6.07) is 29.2. The second kappa shape index (κ2) is 8.40. The van der Waals surface area contributed by atoms with Crippen LogP contribution >= 0.6 is 0 Å². The summed E-state index contributed by atoms with van der Waals surface area (Å²) < 4.78 is 11.6. The molecule has 0 saturated carbocycles. The van der Waals surface area contributed by atoms with Crippen LogP contribution in [0.25, 0.3) is 0 Å². The van der Waals surface area contributed by atoms with Crippen molar-refractivity contribution in [3.63, 3.8) is 0 Å². The summed E-state index contributed by atoms with van der Waals surface area (Å²) in [6.07, 6.45) is 0.594. The van der Waals surface area contributed by atoms with Gasteiger partial charge < -0.3 is 19.7 Å². The lowest BCUT2D eigenvalue weighted by atomic mass is 10.0. The standard InChI is InChI=1S/C25H20O4/c26-22-13-11-18(16-24(22)28-20-7-3-1-4-8-20)15-19-12-14-23(27)25(17-19)29-21-9-5-2-6-10-21/h1-14,16-17,26-27H,15H2. The Morgan fingerprint density at radius 1 is 0.517 bits per heavy atom. The third-order valence-corrected chi connectivity index (χ3v) is 4.40. The third kappa shape index (κ3) is 4.68. The van der Waals surface area contributed by atoms with E-state index in [0.29, 0.717) is 29.4 Å². The second-order valence-electron chi connectivity index (χ2n) is 6.61. The Balaban J connectivity index is 1.54. The molecular formula is C25H20O4. The van der Waals surface area contributed by atoms with Crippen molar-refractivity contribution in [2.24, 2.45) is 0 Å². The quantitative estimate of drug-likeness (QED) is 0.411. The van der Waals surface area contributed by atoms with Crippen LogP contribution in [0.2, 0.25) is 0 Å². The molecule has 0 amide bonds. The predicted octanol–water partition coefficient (Wildman–Crippen LogP) is 6.27. The van der Waals surface area contributed by atoms with E-state index in [-0.39, 0.29) is 11.5 Å². The lowest BCUT2D eigenvalue weighted by molar-refractivity contribution is 0.410. The fraction of sp³-hybridized carbons (Fsp3) is 0.0400. The number of hydrogen-bond donors (Lipinski definition) is 2. The maximum atomic E-state index is 10.1. The van der Waals surface area contributed by atoms with Gasteiger partial charge in [-0.05, 0) is 66.1 Å². The minimum atomic E-state index is 0.0800. The average Bonchev–Trinajstić information content (AvgIpc) is 2.74. The normalized spacial score (nSPS) is 10.5. The Hall–Kier alpha value is -3.92. The maximum Gasteiger partial charge on any atom is 0.169 e. The van der Waals surface area contributed by atoms with E-state index in [9.17, 15) is 10.2 Å². The van der Waals surface area contributed by atoms with Crippen molar-refractivity contribution in [3.8, 4) is 34.5 Å². The van der Waals surface area contributed by atoms with Crippen molar-refractivity contribution >= 4 is 0 Å². The average molecular weight is 384 g/mol. The molecule has 0 saturated heterocycles. The molecule has 0 aliphatic heterocycles. The van der Waals surface area contributed by atoms with Crippen molar-refractivity contribution in [2.45, 2.75) is 6.42 Å². The number of aromatic hydroxyl groups is 2. The van der Waals surface area contributed by atoms with Gasteiger partial charge in [-0.2, -0.15) is 0 Å². The molecule has 0 bridgehead atoms. The summed E-state index contributed by atoms with van der Waals surface area (Å²) in [4.78, 5) is 0. The van der Waals surface area contributed by atoms with Gasteiger partial charge in [0.1, 0.15) is 11.5 Å². The number of rotatable bonds is 6. The van der Waals surface area contributed by atoms with Gasteiger partial charge in [0.2, 0.25) is 0 Å². The van der Waals surface area contributed by atoms with Gasteiger partial charge in [-0.3, -0.25) is 0 Å². The molecule has 4 nitrogen and oxygen atoms in total. The highest BCUT2D eigenvalue weighted by Gasteiger charge is 2.09. The van der Waals surface area contributed by atoms with Crippen LogP contribution in [-0.2, 0) is 6.42 Å². The highest BCUT2D eigenvalue weighted by Crippen LogP contribution is 2.34. The lowest BCUT2D eigenvalue weighted by Gasteiger charge is -2.12. The zero-order valence-electron chi connectivity index (χ0n) is 15.7. The molecule has 2 N–H and O–H groups in total. The smallest absolute Gasteiger partial charge is 0.169 e. The van der Waals surface area contributed by atoms with E-state index >= 15 is 0 Å². The van der Waals surface area contributed by atoms with E-state index in [2.05, 4.69) is 0 Å². The lowest BCUT2D eigenvalue weighted by Crippen LogP contribution is -1.92. The Kier molecular flexibility index (Phi) is 5.34. The van der Waals surface area contributed by atoms with Gasteiger partial charge >= 0.3 is 0 Å². The number of ether oxygens (including phenoxy) is 2. The molecule has 0 spiro atoms. The largest absolute Gasteiger partial charge is 0.504 e. The van der Waals surface area contributed by atoms with E-state index in [1.807, 2.05) is 84.9 Å². The fourth-order valence-corrected chi connectivity index (χ4v) is 2.97. The van der Waals surface area contributed by atoms with E-state index in [1.165, 1.54) is 0 Å². The van der Waals surface area contributed by atoms with Crippen LogP contribution in [0.1, 0.15) is 11.1 Å². The number of hydrogen-bond acceptors (Lipinski definition) is 4. The molecular weight excluding hydrogens is 364 g/mol.